The van der Waals surface area contributed by atoms with Crippen molar-refractivity contribution in [3.63, 3.8) is 0 Å². The highest BCUT2D eigenvalue weighted by molar-refractivity contribution is 7.09. The number of likely N-dealkylation sites (N-methyl/N-ethyl adjacent to an activating group) is 1. The van der Waals surface area contributed by atoms with Crippen LogP contribution >= 0.6 is 11.3 Å². The van der Waals surface area contributed by atoms with Crippen molar-refractivity contribution < 1.29 is 27.8 Å². The molecule has 2 amide bonds. The number of urea groups is 1. The number of aryl methyl sites for hydroxylation is 1. The van der Waals surface area contributed by atoms with Crippen molar-refractivity contribution in [1.29, 1.82) is 0 Å². The zero-order chi connectivity index (χ0) is 18.9. The van der Waals surface area contributed by atoms with E-state index >= 15 is 0 Å². The lowest BCUT2D eigenvalue weighted by Crippen LogP contribution is -2.29. The van der Waals surface area contributed by atoms with E-state index in [0.717, 1.165) is 4.88 Å². The fourth-order valence-electron chi connectivity index (χ4n) is 2.30. The third-order valence-electron chi connectivity index (χ3n) is 3.58. The Kier molecular flexibility index (Phi) is 4.97. The summed E-state index contributed by atoms with van der Waals surface area (Å²) in [6.45, 7) is 2.67. The molecule has 2 aromatic rings. The van der Waals surface area contributed by atoms with Gasteiger partial charge in [0.1, 0.15) is 0 Å². The third kappa shape index (κ3) is 3.86. The van der Waals surface area contributed by atoms with Gasteiger partial charge in [0, 0.05) is 37.8 Å². The molecule has 0 spiro atoms. The van der Waals surface area contributed by atoms with Gasteiger partial charge in [0.05, 0.1) is 12.3 Å². The Bertz CT molecular complexity index is 894. The zero-order valence-corrected chi connectivity index (χ0v) is 15.2. The molecule has 2 heterocycles. The molecule has 7 nitrogen and oxygen atoms in total. The molecule has 0 unspecified atom stereocenters. The topological polar surface area (TPSA) is 65.3 Å². The van der Waals surface area contributed by atoms with E-state index < -0.39 is 12.3 Å². The van der Waals surface area contributed by atoms with Crippen LogP contribution in [0, 0.1) is 6.92 Å². The van der Waals surface area contributed by atoms with E-state index in [1.807, 2.05) is 6.92 Å². The largest absolute Gasteiger partial charge is 0.586 e. The molecule has 10 heteroatoms. The van der Waals surface area contributed by atoms with E-state index in [1.54, 1.807) is 31.0 Å². The average Bonchev–Trinajstić information content (AvgIpc) is 3.09. The van der Waals surface area contributed by atoms with Crippen molar-refractivity contribution in [2.75, 3.05) is 27.3 Å². The Labute approximate surface area is 152 Å². The Hall–Kier alpha value is -2.46. The van der Waals surface area contributed by atoms with Crippen LogP contribution in [0.1, 0.15) is 4.88 Å². The van der Waals surface area contributed by atoms with E-state index in [2.05, 4.69) is 14.5 Å². The SMILES string of the molecule is COCCN(C)C(=O)/N=c1\sc(C)cn1-c1ccc2c(c1)OC(F)(F)O2. The van der Waals surface area contributed by atoms with Crippen LogP contribution in [-0.4, -0.2) is 49.1 Å². The molecule has 0 bridgehead atoms. The van der Waals surface area contributed by atoms with Crippen molar-refractivity contribution in [2.24, 2.45) is 4.99 Å². The van der Waals surface area contributed by atoms with E-state index in [9.17, 15) is 13.6 Å². The fourth-order valence-corrected chi connectivity index (χ4v) is 3.12. The van der Waals surface area contributed by atoms with Gasteiger partial charge in [-0.1, -0.05) is 0 Å². The summed E-state index contributed by atoms with van der Waals surface area (Å²) in [4.78, 5) is 19.1. The van der Waals surface area contributed by atoms with Crippen LogP contribution in [-0.2, 0) is 4.74 Å². The monoisotopic (exact) mass is 385 g/mol. The van der Waals surface area contributed by atoms with Crippen molar-refractivity contribution in [3.05, 3.63) is 34.1 Å². The lowest BCUT2D eigenvalue weighted by Gasteiger charge is -2.12. The highest BCUT2D eigenvalue weighted by Crippen LogP contribution is 2.41. The molecule has 26 heavy (non-hydrogen) atoms. The first kappa shape index (κ1) is 18.3. The highest BCUT2D eigenvalue weighted by Gasteiger charge is 2.43. The van der Waals surface area contributed by atoms with Crippen molar-refractivity contribution in [3.8, 4) is 17.2 Å². The van der Waals surface area contributed by atoms with Gasteiger partial charge in [-0.25, -0.2) is 4.79 Å². The Balaban J connectivity index is 1.94. The number of carbonyl (C=O) groups excluding carboxylic acids is 1. The fraction of sp³-hybridized carbons (Fsp3) is 0.375. The van der Waals surface area contributed by atoms with E-state index in [-0.39, 0.29) is 11.5 Å². The number of halogens is 2. The summed E-state index contributed by atoms with van der Waals surface area (Å²) in [6.07, 6.45) is -1.91. The van der Waals surface area contributed by atoms with Gasteiger partial charge < -0.3 is 19.1 Å². The minimum absolute atomic E-state index is 0.0415. The second-order valence-electron chi connectivity index (χ2n) is 5.60. The normalized spacial score (nSPS) is 15.3. The summed E-state index contributed by atoms with van der Waals surface area (Å²) in [5.41, 5.74) is 0.528. The Morgan fingerprint density at radius 2 is 2.12 bits per heavy atom. The number of amides is 2. The maximum Gasteiger partial charge on any atom is 0.586 e. The molecule has 0 fully saturated rings. The van der Waals surface area contributed by atoms with Crippen LogP contribution in [0.2, 0.25) is 0 Å². The quantitative estimate of drug-likeness (QED) is 0.812. The van der Waals surface area contributed by atoms with Crippen LogP contribution in [0.25, 0.3) is 5.69 Å². The molecule has 0 saturated heterocycles. The lowest BCUT2D eigenvalue weighted by molar-refractivity contribution is -0.286. The van der Waals surface area contributed by atoms with Crippen LogP contribution in [0.5, 0.6) is 11.5 Å². The number of ether oxygens (including phenoxy) is 3. The third-order valence-corrected chi connectivity index (χ3v) is 4.48. The molecule has 140 valence electrons. The van der Waals surface area contributed by atoms with Crippen LogP contribution in [0.15, 0.2) is 29.4 Å². The minimum atomic E-state index is -3.68. The molecule has 0 atom stereocenters. The summed E-state index contributed by atoms with van der Waals surface area (Å²) in [5, 5.41) is 0. The van der Waals surface area contributed by atoms with Gasteiger partial charge in [-0.05, 0) is 19.1 Å². The lowest BCUT2D eigenvalue weighted by atomic mass is 10.3. The number of rotatable bonds is 4. The van der Waals surface area contributed by atoms with Crippen LogP contribution in [0.4, 0.5) is 13.6 Å². The number of carbonyl (C=O) groups is 1. The molecule has 3 rings (SSSR count). The van der Waals surface area contributed by atoms with Crippen LogP contribution < -0.4 is 14.3 Å². The maximum atomic E-state index is 13.2. The number of methoxy groups -OCH3 is 1. The molecule has 0 N–H and O–H groups in total. The molecule has 0 radical (unpaired) electrons. The molecule has 1 aromatic carbocycles. The Morgan fingerprint density at radius 3 is 2.85 bits per heavy atom. The van der Waals surface area contributed by atoms with Gasteiger partial charge in [0.15, 0.2) is 16.3 Å². The van der Waals surface area contributed by atoms with E-state index in [1.165, 1.54) is 28.4 Å². The van der Waals surface area contributed by atoms with Gasteiger partial charge in [-0.2, -0.15) is 4.99 Å². The smallest absolute Gasteiger partial charge is 0.395 e. The molecular formula is C16H17F2N3O4S. The first-order chi connectivity index (χ1) is 12.3. The predicted molar refractivity (Wildman–Crippen MR) is 90.1 cm³/mol. The second-order valence-corrected chi connectivity index (χ2v) is 6.81. The summed E-state index contributed by atoms with van der Waals surface area (Å²) in [6, 6.07) is 3.97. The van der Waals surface area contributed by atoms with E-state index in [0.29, 0.717) is 23.6 Å². The van der Waals surface area contributed by atoms with Crippen LogP contribution in [0.3, 0.4) is 0 Å². The highest BCUT2D eigenvalue weighted by atomic mass is 32.1. The average molecular weight is 385 g/mol. The van der Waals surface area contributed by atoms with Gasteiger partial charge in [-0.3, -0.25) is 4.57 Å². The summed E-state index contributed by atoms with van der Waals surface area (Å²) in [7, 11) is 3.17. The molecule has 1 aliphatic rings. The first-order valence-electron chi connectivity index (χ1n) is 7.67. The molecule has 1 aromatic heterocycles. The number of hydrogen-bond acceptors (Lipinski definition) is 5. The Morgan fingerprint density at radius 1 is 1.38 bits per heavy atom. The molecule has 0 aliphatic carbocycles. The number of hydrogen-bond donors (Lipinski definition) is 0. The number of thiazole rings is 1. The summed E-state index contributed by atoms with van der Waals surface area (Å²) < 4.78 is 41.8. The van der Waals surface area contributed by atoms with Gasteiger partial charge in [0.2, 0.25) is 0 Å². The predicted octanol–water partition coefficient (Wildman–Crippen LogP) is 2.77. The van der Waals surface area contributed by atoms with Gasteiger partial charge >= 0.3 is 12.3 Å². The van der Waals surface area contributed by atoms with E-state index in [4.69, 9.17) is 4.74 Å². The number of fused-ring (bicyclic) bond motifs is 1. The second kappa shape index (κ2) is 7.04. The number of benzene rings is 1. The van der Waals surface area contributed by atoms with Crippen molar-refractivity contribution >= 4 is 17.4 Å². The minimum Gasteiger partial charge on any atom is -0.395 e. The summed E-state index contributed by atoms with van der Waals surface area (Å²) in [5.74, 6) is -0.112. The molecule has 0 saturated carbocycles. The molecular weight excluding hydrogens is 368 g/mol. The number of nitrogens with zero attached hydrogens (tertiary/aromatic N) is 3. The van der Waals surface area contributed by atoms with Gasteiger partial charge in [-0.15, -0.1) is 20.1 Å². The zero-order valence-electron chi connectivity index (χ0n) is 14.4. The number of aromatic nitrogens is 1. The van der Waals surface area contributed by atoms with Crippen molar-refractivity contribution in [1.82, 2.24) is 9.47 Å². The standard InChI is InChI=1S/C16H17F2N3O4S/c1-10-9-21(15(26-10)19-14(22)20(2)6-7-23-3)11-4-5-12-13(8-11)25-16(17,18)24-12/h4-5,8-9H,6-7H2,1-3H3/b19-15-. The number of alkyl halides is 2. The molecule has 1 aliphatic heterocycles. The van der Waals surface area contributed by atoms with Crippen molar-refractivity contribution in [2.45, 2.75) is 13.2 Å². The maximum absolute atomic E-state index is 13.2. The van der Waals surface area contributed by atoms with Gasteiger partial charge in [0.25, 0.3) is 0 Å². The first-order valence-corrected chi connectivity index (χ1v) is 8.49. The summed E-state index contributed by atoms with van der Waals surface area (Å²) >= 11 is 1.31.